The molecule has 2 aromatic carbocycles. The summed E-state index contributed by atoms with van der Waals surface area (Å²) < 4.78 is 11.4. The smallest absolute Gasteiger partial charge is 0.155 e. The van der Waals surface area contributed by atoms with Gasteiger partial charge >= 0.3 is 0 Å². The Kier molecular flexibility index (Phi) is 5.33. The van der Waals surface area contributed by atoms with Crippen LogP contribution in [-0.4, -0.2) is 41.3 Å². The van der Waals surface area contributed by atoms with Crippen LogP contribution in [0.2, 0.25) is 0 Å². The monoisotopic (exact) mass is 355 g/mol. The Labute approximate surface area is 154 Å². The summed E-state index contributed by atoms with van der Waals surface area (Å²) in [4.78, 5) is 6.30. The predicted molar refractivity (Wildman–Crippen MR) is 97.0 cm³/mol. The normalized spacial score (nSPS) is 32.6. The third kappa shape index (κ3) is 3.82. The molecule has 26 heavy (non-hydrogen) atoms. The second-order valence-corrected chi connectivity index (χ2v) is 6.94. The molecule has 5 heteroatoms. The summed E-state index contributed by atoms with van der Waals surface area (Å²) in [7, 11) is 0. The fraction of sp³-hybridized carbons (Fsp3) is 0.429. The molecule has 0 aromatic heterocycles. The average molecular weight is 355 g/mol. The fourth-order valence-electron chi connectivity index (χ4n) is 3.73. The molecule has 0 bridgehead atoms. The topological polar surface area (TPSA) is 51.2 Å². The maximum atomic E-state index is 10.5. The van der Waals surface area contributed by atoms with E-state index in [-0.39, 0.29) is 31.1 Å². The van der Waals surface area contributed by atoms with Crippen molar-refractivity contribution in [2.75, 3.05) is 6.61 Å². The molecule has 2 heterocycles. The predicted octanol–water partition coefficient (Wildman–Crippen LogP) is 3.06. The summed E-state index contributed by atoms with van der Waals surface area (Å²) in [5.41, 5.74) is 2.31. The Bertz CT molecular complexity index is 696. The van der Waals surface area contributed by atoms with Crippen molar-refractivity contribution in [1.82, 2.24) is 5.06 Å². The van der Waals surface area contributed by atoms with Gasteiger partial charge in [0.1, 0.15) is 18.3 Å². The number of hydroxylamine groups is 2. The van der Waals surface area contributed by atoms with Crippen LogP contribution in [0.1, 0.15) is 30.6 Å². The van der Waals surface area contributed by atoms with Gasteiger partial charge in [-0.3, -0.25) is 4.84 Å². The standard InChI is InChI=1S/C21H25NO4/c1-15-24-14-19(23)21(25-15)18-12-20(17-10-6-3-7-11-17)26-22(18)13-16-8-4-2-5-9-16/h2-11,15,18-21,23H,12-14H2,1H3/t15-,18+,19+,20-,21+/m0/s1. The molecule has 2 aromatic rings. The zero-order chi connectivity index (χ0) is 17.9. The van der Waals surface area contributed by atoms with Gasteiger partial charge in [0.15, 0.2) is 6.29 Å². The van der Waals surface area contributed by atoms with Crippen LogP contribution in [0.5, 0.6) is 0 Å². The largest absolute Gasteiger partial charge is 0.388 e. The van der Waals surface area contributed by atoms with E-state index in [0.717, 1.165) is 12.0 Å². The molecule has 2 fully saturated rings. The number of ether oxygens (including phenoxy) is 2. The Morgan fingerprint density at radius 2 is 1.73 bits per heavy atom. The average Bonchev–Trinajstić information content (AvgIpc) is 3.09. The van der Waals surface area contributed by atoms with E-state index in [1.807, 2.05) is 48.4 Å². The van der Waals surface area contributed by atoms with E-state index in [2.05, 4.69) is 24.3 Å². The molecule has 5 atom stereocenters. The van der Waals surface area contributed by atoms with Crippen molar-refractivity contribution in [2.45, 2.75) is 50.5 Å². The Balaban J connectivity index is 1.57. The summed E-state index contributed by atoms with van der Waals surface area (Å²) in [5, 5.41) is 12.4. The van der Waals surface area contributed by atoms with Crippen LogP contribution >= 0.6 is 0 Å². The molecule has 4 rings (SSSR count). The summed E-state index contributed by atoms with van der Waals surface area (Å²) in [6.45, 7) is 2.80. The number of benzene rings is 2. The molecule has 0 radical (unpaired) electrons. The van der Waals surface area contributed by atoms with Gasteiger partial charge < -0.3 is 14.6 Å². The molecule has 5 nitrogen and oxygen atoms in total. The molecule has 1 N–H and O–H groups in total. The third-order valence-electron chi connectivity index (χ3n) is 5.05. The minimum absolute atomic E-state index is 0.0400. The van der Waals surface area contributed by atoms with Gasteiger partial charge in [0, 0.05) is 13.0 Å². The maximum Gasteiger partial charge on any atom is 0.155 e. The molecule has 2 aliphatic heterocycles. The lowest BCUT2D eigenvalue weighted by molar-refractivity contribution is -0.274. The first-order valence-corrected chi connectivity index (χ1v) is 9.18. The minimum atomic E-state index is -0.660. The van der Waals surface area contributed by atoms with Gasteiger partial charge in [-0.1, -0.05) is 60.7 Å². The third-order valence-corrected chi connectivity index (χ3v) is 5.05. The fourth-order valence-corrected chi connectivity index (χ4v) is 3.73. The highest BCUT2D eigenvalue weighted by Gasteiger charge is 2.44. The van der Waals surface area contributed by atoms with Crippen LogP contribution in [0.15, 0.2) is 60.7 Å². The van der Waals surface area contributed by atoms with E-state index in [4.69, 9.17) is 14.3 Å². The van der Waals surface area contributed by atoms with E-state index < -0.39 is 6.10 Å². The van der Waals surface area contributed by atoms with Gasteiger partial charge in [-0.15, -0.1) is 0 Å². The Hall–Kier alpha value is -1.76. The van der Waals surface area contributed by atoms with E-state index in [9.17, 15) is 5.11 Å². The Morgan fingerprint density at radius 3 is 2.46 bits per heavy atom. The van der Waals surface area contributed by atoms with Gasteiger partial charge in [0.25, 0.3) is 0 Å². The molecule has 2 saturated heterocycles. The summed E-state index contributed by atoms with van der Waals surface area (Å²) in [6.07, 6.45) is -0.592. The molecule has 0 spiro atoms. The lowest BCUT2D eigenvalue weighted by Crippen LogP contribution is -2.52. The van der Waals surface area contributed by atoms with Crippen molar-refractivity contribution < 1.29 is 19.4 Å². The number of rotatable bonds is 4. The van der Waals surface area contributed by atoms with Crippen molar-refractivity contribution in [2.24, 2.45) is 0 Å². The van der Waals surface area contributed by atoms with Crippen LogP contribution in [0.25, 0.3) is 0 Å². The van der Waals surface area contributed by atoms with Crippen molar-refractivity contribution >= 4 is 0 Å². The zero-order valence-electron chi connectivity index (χ0n) is 14.9. The molecule has 0 saturated carbocycles. The highest BCUT2D eigenvalue weighted by Crippen LogP contribution is 2.38. The molecule has 0 unspecified atom stereocenters. The Morgan fingerprint density at radius 1 is 1.04 bits per heavy atom. The molecule has 0 amide bonds. The van der Waals surface area contributed by atoms with Crippen molar-refractivity contribution in [3.8, 4) is 0 Å². The van der Waals surface area contributed by atoms with Crippen molar-refractivity contribution in [3.63, 3.8) is 0 Å². The van der Waals surface area contributed by atoms with Crippen LogP contribution in [0.3, 0.4) is 0 Å². The first-order chi connectivity index (χ1) is 12.7. The van der Waals surface area contributed by atoms with Gasteiger partial charge in [0.05, 0.1) is 12.6 Å². The first-order valence-electron chi connectivity index (χ1n) is 9.18. The van der Waals surface area contributed by atoms with Crippen LogP contribution in [0, 0.1) is 0 Å². The molecular weight excluding hydrogens is 330 g/mol. The molecule has 0 aliphatic carbocycles. The van der Waals surface area contributed by atoms with E-state index in [1.54, 1.807) is 0 Å². The first kappa shape index (κ1) is 17.6. The highest BCUT2D eigenvalue weighted by molar-refractivity contribution is 5.19. The second-order valence-electron chi connectivity index (χ2n) is 6.94. The van der Waals surface area contributed by atoms with Crippen molar-refractivity contribution in [3.05, 3.63) is 71.8 Å². The second kappa shape index (κ2) is 7.86. The molecule has 138 valence electrons. The lowest BCUT2D eigenvalue weighted by Gasteiger charge is -2.38. The van der Waals surface area contributed by atoms with E-state index in [0.29, 0.717) is 6.54 Å². The zero-order valence-corrected chi connectivity index (χ0v) is 14.9. The maximum absolute atomic E-state index is 10.5. The molecule has 2 aliphatic rings. The van der Waals surface area contributed by atoms with Crippen LogP contribution in [0.4, 0.5) is 0 Å². The SMILES string of the molecule is C[C@H]1OC[C@@H](O)[C@@H]([C@H]2C[C@@H](c3ccccc3)ON2Cc2ccccc2)O1. The quantitative estimate of drug-likeness (QED) is 0.914. The van der Waals surface area contributed by atoms with E-state index in [1.165, 1.54) is 5.56 Å². The summed E-state index contributed by atoms with van der Waals surface area (Å²) in [5.74, 6) is 0. The van der Waals surface area contributed by atoms with Crippen LogP contribution < -0.4 is 0 Å². The number of hydrogen-bond donors (Lipinski definition) is 1. The number of hydrogen-bond acceptors (Lipinski definition) is 5. The minimum Gasteiger partial charge on any atom is -0.388 e. The summed E-state index contributed by atoms with van der Waals surface area (Å²) >= 11 is 0. The number of nitrogens with zero attached hydrogens (tertiary/aromatic N) is 1. The van der Waals surface area contributed by atoms with E-state index >= 15 is 0 Å². The van der Waals surface area contributed by atoms with Gasteiger partial charge in [0.2, 0.25) is 0 Å². The van der Waals surface area contributed by atoms with Crippen molar-refractivity contribution in [1.29, 1.82) is 0 Å². The number of aliphatic hydroxyl groups excluding tert-OH is 1. The van der Waals surface area contributed by atoms with Gasteiger partial charge in [-0.05, 0) is 18.1 Å². The summed E-state index contributed by atoms with van der Waals surface area (Å²) in [6, 6.07) is 20.4. The number of aliphatic hydroxyl groups is 1. The highest BCUT2D eigenvalue weighted by atomic mass is 16.7. The van der Waals surface area contributed by atoms with Crippen LogP contribution in [-0.2, 0) is 20.9 Å². The van der Waals surface area contributed by atoms with Gasteiger partial charge in [-0.25, -0.2) is 0 Å². The lowest BCUT2D eigenvalue weighted by atomic mass is 9.96. The van der Waals surface area contributed by atoms with Gasteiger partial charge in [-0.2, -0.15) is 5.06 Å². The molecular formula is C21H25NO4.